The van der Waals surface area contributed by atoms with Gasteiger partial charge in [0.15, 0.2) is 6.29 Å². The zero-order chi connectivity index (χ0) is 10.1. The van der Waals surface area contributed by atoms with Gasteiger partial charge in [-0.25, -0.2) is 0 Å². The van der Waals surface area contributed by atoms with Gasteiger partial charge >= 0.3 is 0 Å². The zero-order valence-corrected chi connectivity index (χ0v) is 7.15. The largest absolute Gasteiger partial charge is 0.388 e. The lowest BCUT2D eigenvalue weighted by atomic mass is 9.86. The molecule has 72 valence electrons. The number of ether oxygens (including phenoxy) is 1. The SMILES string of the molecule is [3H]O[C@@H]1C[C@](C)(NO)[C@@H](O)[C@H](C)O1. The maximum absolute atomic E-state index is 9.65. The lowest BCUT2D eigenvalue weighted by Gasteiger charge is -2.42. The van der Waals surface area contributed by atoms with E-state index in [2.05, 4.69) is 5.11 Å². The Hall–Kier alpha value is -0.200. The highest BCUT2D eigenvalue weighted by molar-refractivity contribution is 4.95. The third-order valence-corrected chi connectivity index (χ3v) is 2.31. The summed E-state index contributed by atoms with van der Waals surface area (Å²) in [6.45, 7) is 3.30. The predicted molar refractivity (Wildman–Crippen MR) is 40.5 cm³/mol. The topological polar surface area (TPSA) is 82.0 Å². The number of hydroxylamine groups is 1. The van der Waals surface area contributed by atoms with Gasteiger partial charge in [0, 0.05) is 6.42 Å². The molecule has 1 fully saturated rings. The van der Waals surface area contributed by atoms with Crippen LogP contribution in [-0.4, -0.2) is 40.9 Å². The molecule has 1 aliphatic heterocycles. The summed E-state index contributed by atoms with van der Waals surface area (Å²) >= 11 is 0. The van der Waals surface area contributed by atoms with Crippen molar-refractivity contribution in [1.82, 2.24) is 5.48 Å². The molecule has 1 saturated heterocycles. The summed E-state index contributed by atoms with van der Waals surface area (Å²) in [6, 6.07) is 0. The maximum atomic E-state index is 9.65. The summed E-state index contributed by atoms with van der Waals surface area (Å²) in [6.07, 6.45) is -1.81. The molecule has 0 spiro atoms. The van der Waals surface area contributed by atoms with E-state index >= 15 is 0 Å². The van der Waals surface area contributed by atoms with Crippen LogP contribution in [0.3, 0.4) is 0 Å². The van der Waals surface area contributed by atoms with Crippen molar-refractivity contribution < 1.29 is 20.2 Å². The fourth-order valence-electron chi connectivity index (χ4n) is 1.46. The first kappa shape index (κ1) is 8.40. The van der Waals surface area contributed by atoms with Gasteiger partial charge in [-0.2, -0.15) is 5.48 Å². The lowest BCUT2D eigenvalue weighted by molar-refractivity contribution is -0.234. The quantitative estimate of drug-likeness (QED) is 0.418. The second-order valence-electron chi connectivity index (χ2n) is 3.45. The summed E-state index contributed by atoms with van der Waals surface area (Å²) in [5, 5.41) is 22.8. The molecule has 5 heteroatoms. The first-order valence-electron chi connectivity index (χ1n) is 4.31. The van der Waals surface area contributed by atoms with Crippen molar-refractivity contribution in [3.05, 3.63) is 0 Å². The Kier molecular flexibility index (Phi) is 2.29. The molecule has 0 unspecified atom stereocenters. The van der Waals surface area contributed by atoms with Gasteiger partial charge in [0.1, 0.15) is 6.10 Å². The lowest BCUT2D eigenvalue weighted by Crippen LogP contribution is -2.61. The number of hydrogen-bond donors (Lipinski definition) is 4. The molecule has 0 amide bonds. The van der Waals surface area contributed by atoms with Crippen LogP contribution < -0.4 is 5.48 Å². The second kappa shape index (κ2) is 3.27. The van der Waals surface area contributed by atoms with Gasteiger partial charge in [0.05, 0.1) is 11.6 Å². The smallest absolute Gasteiger partial charge is 0.213 e. The molecular formula is C7H15NO4. The molecule has 1 heterocycles. The Bertz CT molecular complexity index is 182. The van der Waals surface area contributed by atoms with Gasteiger partial charge in [-0.05, 0) is 13.8 Å². The van der Waals surface area contributed by atoms with Gasteiger partial charge in [-0.1, -0.05) is 0 Å². The number of aliphatic hydroxyl groups is 2. The van der Waals surface area contributed by atoms with E-state index in [0.717, 1.165) is 0 Å². The molecule has 12 heavy (non-hydrogen) atoms. The van der Waals surface area contributed by atoms with Crippen molar-refractivity contribution in [2.24, 2.45) is 0 Å². The monoisotopic (exact) mass is 179 g/mol. The van der Waals surface area contributed by atoms with Crippen LogP contribution in [0.2, 0.25) is 0 Å². The summed E-state index contributed by atoms with van der Waals surface area (Å²) in [4.78, 5) is 0. The van der Waals surface area contributed by atoms with Crippen LogP contribution in [-0.2, 0) is 4.74 Å². The standard InChI is InChI=1S/C7H15NO4/c1-4-6(10)7(2,8-11)3-5(9)12-4/h4-6,8-11H,3H2,1-2H3/t4-,5-,6-,7-/m0/s1/i9T. The Morgan fingerprint density at radius 2 is 2.42 bits per heavy atom. The van der Waals surface area contributed by atoms with E-state index in [-0.39, 0.29) is 6.42 Å². The Morgan fingerprint density at radius 1 is 1.75 bits per heavy atom. The van der Waals surface area contributed by atoms with Crippen LogP contribution in [0.4, 0.5) is 0 Å². The van der Waals surface area contributed by atoms with Crippen molar-refractivity contribution in [3.8, 4) is 0 Å². The summed E-state index contributed by atoms with van der Waals surface area (Å²) in [7, 11) is 0. The van der Waals surface area contributed by atoms with E-state index in [1.165, 1.54) is 0 Å². The highest BCUT2D eigenvalue weighted by atomic mass is 16.6. The van der Waals surface area contributed by atoms with Crippen molar-refractivity contribution in [2.45, 2.75) is 44.3 Å². The summed E-state index contributed by atoms with van der Waals surface area (Å²) in [5.74, 6) is 0. The number of hydrogen-bond acceptors (Lipinski definition) is 5. The van der Waals surface area contributed by atoms with Gasteiger partial charge in [-0.3, -0.25) is 0 Å². The van der Waals surface area contributed by atoms with Gasteiger partial charge in [-0.15, -0.1) is 0 Å². The summed E-state index contributed by atoms with van der Waals surface area (Å²) < 4.78 is 11.8. The molecule has 5 nitrogen and oxygen atoms in total. The Balaban J connectivity index is 2.71. The van der Waals surface area contributed by atoms with E-state index in [1.54, 1.807) is 13.8 Å². The van der Waals surface area contributed by atoms with Gasteiger partial charge in [0.25, 0.3) is 0 Å². The second-order valence-corrected chi connectivity index (χ2v) is 3.45. The molecule has 0 radical (unpaired) electrons. The van der Waals surface area contributed by atoms with Crippen molar-refractivity contribution in [3.63, 3.8) is 0 Å². The maximum Gasteiger partial charge on any atom is 0.213 e. The Morgan fingerprint density at radius 3 is 2.92 bits per heavy atom. The minimum atomic E-state index is -0.886. The molecular weight excluding hydrogens is 162 g/mol. The molecule has 0 bridgehead atoms. The molecule has 0 aliphatic carbocycles. The molecule has 1 aliphatic rings. The van der Waals surface area contributed by atoms with Crippen LogP contribution in [0.5, 0.6) is 0 Å². The normalized spacial score (nSPS) is 50.3. The van der Waals surface area contributed by atoms with Crippen LogP contribution in [0.1, 0.15) is 20.3 Å². The highest BCUT2D eigenvalue weighted by Gasteiger charge is 2.43. The van der Waals surface area contributed by atoms with Crippen LogP contribution in [0.15, 0.2) is 0 Å². The zero-order valence-electron chi connectivity index (χ0n) is 8.15. The minimum absolute atomic E-state index is 0.221. The number of aliphatic hydroxyl groups excluding tert-OH is 2. The Labute approximate surface area is 72.4 Å². The first-order valence-corrected chi connectivity index (χ1v) is 3.90. The van der Waals surface area contributed by atoms with Crippen LogP contribution in [0.25, 0.3) is 0 Å². The summed E-state index contributed by atoms with van der Waals surface area (Å²) in [5.41, 5.74) is 1.15. The highest BCUT2D eigenvalue weighted by Crippen LogP contribution is 2.27. The molecule has 0 aromatic rings. The van der Waals surface area contributed by atoms with E-state index < -0.39 is 24.0 Å². The third kappa shape index (κ3) is 1.60. The van der Waals surface area contributed by atoms with E-state index in [4.69, 9.17) is 11.4 Å². The van der Waals surface area contributed by atoms with Crippen molar-refractivity contribution >= 4 is 0 Å². The fourth-order valence-corrected chi connectivity index (χ4v) is 1.46. The molecule has 4 N–H and O–H groups in total. The third-order valence-electron chi connectivity index (χ3n) is 2.31. The van der Waals surface area contributed by atoms with Gasteiger partial charge < -0.3 is 20.2 Å². The molecule has 4 atom stereocenters. The average Bonchev–Trinajstić information content (AvgIpc) is 2.13. The number of nitrogens with one attached hydrogen (secondary N) is 1. The van der Waals surface area contributed by atoms with Gasteiger partial charge in [0.2, 0.25) is 1.43 Å². The van der Waals surface area contributed by atoms with E-state index in [9.17, 15) is 5.11 Å². The fraction of sp³-hybridized carbons (Fsp3) is 1.00. The van der Waals surface area contributed by atoms with Crippen LogP contribution >= 0.6 is 0 Å². The van der Waals surface area contributed by atoms with E-state index in [1.807, 2.05) is 5.48 Å². The molecule has 1 rings (SSSR count). The number of rotatable bonds is 2. The van der Waals surface area contributed by atoms with E-state index in [0.29, 0.717) is 0 Å². The molecule has 0 aromatic carbocycles. The van der Waals surface area contributed by atoms with Crippen LogP contribution in [0, 0.1) is 0 Å². The first-order chi connectivity index (χ1) is 6.03. The predicted octanol–water partition coefficient (Wildman–Crippen LogP) is -0.788. The van der Waals surface area contributed by atoms with Crippen molar-refractivity contribution in [2.75, 3.05) is 0 Å². The minimum Gasteiger partial charge on any atom is -0.388 e. The van der Waals surface area contributed by atoms with Crippen molar-refractivity contribution in [1.29, 1.82) is 1.43 Å². The molecule has 0 aromatic heterocycles. The average molecular weight is 179 g/mol. The molecule has 0 saturated carbocycles.